The van der Waals surface area contributed by atoms with E-state index in [0.29, 0.717) is 5.56 Å². The molecule has 6 heteroatoms. The molecule has 1 aliphatic carbocycles. The Kier molecular flexibility index (Phi) is 7.22. The second-order valence-electron chi connectivity index (χ2n) is 9.85. The fraction of sp³-hybridized carbons (Fsp3) is 0.212. The van der Waals surface area contributed by atoms with Crippen LogP contribution in [0.2, 0.25) is 0 Å². The number of hydrogen-bond acceptors (Lipinski definition) is 5. The third kappa shape index (κ3) is 4.91. The molecule has 0 fully saturated rings. The molecule has 0 bridgehead atoms. The summed E-state index contributed by atoms with van der Waals surface area (Å²) in [6.07, 6.45) is 0.642. The van der Waals surface area contributed by atoms with Crippen LogP contribution >= 0.6 is 0 Å². The number of carbonyl (C=O) groups is 2. The summed E-state index contributed by atoms with van der Waals surface area (Å²) in [6.45, 7) is 2.09. The standard InChI is InChI=1S/C33H31NO5/c1-3-22-18-24(38-2)16-17-25(22)23-14-12-21(13-15-23)19-33(34,31(35)36)32(37)39-20-30-28-10-6-4-8-26(28)27-9-5-7-11-29(27)30/h4-18,30H,3,19-20,34H2,1-2H3,(H,35,36)/t33-/m0/s1. The number of benzene rings is 4. The largest absolute Gasteiger partial charge is 0.497 e. The van der Waals surface area contributed by atoms with Crippen molar-refractivity contribution in [3.8, 4) is 28.0 Å². The van der Waals surface area contributed by atoms with Crippen molar-refractivity contribution in [1.82, 2.24) is 0 Å². The zero-order chi connectivity index (χ0) is 27.6. The number of esters is 1. The predicted octanol–water partition coefficient (Wildman–Crippen LogP) is 5.60. The third-order valence-corrected chi connectivity index (χ3v) is 7.53. The van der Waals surface area contributed by atoms with Gasteiger partial charge in [-0.2, -0.15) is 0 Å². The van der Waals surface area contributed by atoms with Crippen molar-refractivity contribution < 1.29 is 24.2 Å². The Morgan fingerprint density at radius 1 is 0.872 bits per heavy atom. The summed E-state index contributed by atoms with van der Waals surface area (Å²) < 4.78 is 11.0. The van der Waals surface area contributed by atoms with E-state index in [2.05, 4.69) is 6.92 Å². The lowest BCUT2D eigenvalue weighted by Gasteiger charge is -2.24. The van der Waals surface area contributed by atoms with Gasteiger partial charge in [-0.15, -0.1) is 0 Å². The third-order valence-electron chi connectivity index (χ3n) is 7.53. The quantitative estimate of drug-likeness (QED) is 0.220. The highest BCUT2D eigenvalue weighted by Crippen LogP contribution is 2.44. The van der Waals surface area contributed by atoms with E-state index in [1.54, 1.807) is 19.2 Å². The monoisotopic (exact) mass is 521 g/mol. The Bertz CT molecular complexity index is 1480. The number of methoxy groups -OCH3 is 1. The molecule has 0 saturated heterocycles. The van der Waals surface area contributed by atoms with Gasteiger partial charge in [-0.1, -0.05) is 85.8 Å². The van der Waals surface area contributed by atoms with Crippen molar-refractivity contribution in [2.75, 3.05) is 13.7 Å². The first kappa shape index (κ1) is 26.2. The van der Waals surface area contributed by atoms with Crippen molar-refractivity contribution >= 4 is 11.9 Å². The molecule has 0 heterocycles. The van der Waals surface area contributed by atoms with Crippen molar-refractivity contribution in [3.05, 3.63) is 113 Å². The van der Waals surface area contributed by atoms with Gasteiger partial charge in [0.2, 0.25) is 5.54 Å². The molecule has 39 heavy (non-hydrogen) atoms. The number of rotatable bonds is 9. The molecule has 4 aromatic rings. The van der Waals surface area contributed by atoms with Gasteiger partial charge in [-0.25, -0.2) is 9.59 Å². The smallest absolute Gasteiger partial charge is 0.338 e. The molecule has 0 radical (unpaired) electrons. The zero-order valence-corrected chi connectivity index (χ0v) is 22.0. The number of fused-ring (bicyclic) bond motifs is 3. The maximum absolute atomic E-state index is 13.2. The highest BCUT2D eigenvalue weighted by Gasteiger charge is 2.45. The van der Waals surface area contributed by atoms with Crippen LogP contribution in [0.3, 0.4) is 0 Å². The predicted molar refractivity (Wildman–Crippen MR) is 151 cm³/mol. The Morgan fingerprint density at radius 2 is 1.49 bits per heavy atom. The lowest BCUT2D eigenvalue weighted by atomic mass is 9.90. The Balaban J connectivity index is 1.33. The van der Waals surface area contributed by atoms with Crippen molar-refractivity contribution in [2.45, 2.75) is 31.2 Å². The first-order chi connectivity index (χ1) is 18.9. The maximum Gasteiger partial charge on any atom is 0.338 e. The molecule has 1 aliphatic rings. The van der Waals surface area contributed by atoms with Gasteiger partial charge in [-0.05, 0) is 63.1 Å². The molecule has 5 rings (SSSR count). The van der Waals surface area contributed by atoms with Gasteiger partial charge >= 0.3 is 11.9 Å². The number of nitrogens with two attached hydrogens (primary N) is 1. The van der Waals surface area contributed by atoms with Gasteiger partial charge in [0.25, 0.3) is 0 Å². The minimum atomic E-state index is -2.21. The second-order valence-corrected chi connectivity index (χ2v) is 9.85. The summed E-state index contributed by atoms with van der Waals surface area (Å²) in [4.78, 5) is 25.4. The van der Waals surface area contributed by atoms with E-state index >= 15 is 0 Å². The first-order valence-corrected chi connectivity index (χ1v) is 13.0. The number of carbonyl (C=O) groups excluding carboxylic acids is 1. The molecule has 6 nitrogen and oxygen atoms in total. The number of carboxylic acid groups (broad SMARTS) is 1. The summed E-state index contributed by atoms with van der Waals surface area (Å²) in [5.74, 6) is -1.77. The fourth-order valence-corrected chi connectivity index (χ4v) is 5.36. The van der Waals surface area contributed by atoms with E-state index in [4.69, 9.17) is 15.2 Å². The van der Waals surface area contributed by atoms with Gasteiger partial charge in [0.1, 0.15) is 12.4 Å². The van der Waals surface area contributed by atoms with Crippen LogP contribution < -0.4 is 10.5 Å². The summed E-state index contributed by atoms with van der Waals surface area (Å²) in [6, 6.07) is 29.3. The highest BCUT2D eigenvalue weighted by molar-refractivity contribution is 6.04. The van der Waals surface area contributed by atoms with Crippen LogP contribution in [0.1, 0.15) is 35.1 Å². The Morgan fingerprint density at radius 3 is 2.05 bits per heavy atom. The molecule has 198 valence electrons. The Labute approximate surface area is 228 Å². The van der Waals surface area contributed by atoms with Gasteiger partial charge in [0.15, 0.2) is 0 Å². The minimum Gasteiger partial charge on any atom is -0.497 e. The number of aliphatic carboxylic acids is 1. The highest BCUT2D eigenvalue weighted by atomic mass is 16.5. The summed E-state index contributed by atoms with van der Waals surface area (Å²) >= 11 is 0. The summed E-state index contributed by atoms with van der Waals surface area (Å²) in [5, 5.41) is 9.98. The minimum absolute atomic E-state index is 0.00922. The van der Waals surface area contributed by atoms with Crippen LogP contribution in [0, 0.1) is 0 Å². The molecule has 4 aromatic carbocycles. The first-order valence-electron chi connectivity index (χ1n) is 13.0. The average molecular weight is 522 g/mol. The van der Waals surface area contributed by atoms with Gasteiger partial charge in [-0.3, -0.25) is 0 Å². The van der Waals surface area contributed by atoms with Crippen LogP contribution in [-0.4, -0.2) is 36.3 Å². The van der Waals surface area contributed by atoms with Crippen LogP contribution in [0.15, 0.2) is 91.0 Å². The summed E-state index contributed by atoms with van der Waals surface area (Å²) in [7, 11) is 1.64. The normalized spacial score (nSPS) is 13.7. The van der Waals surface area contributed by atoms with Crippen molar-refractivity contribution in [2.24, 2.45) is 5.73 Å². The molecular weight excluding hydrogens is 490 g/mol. The van der Waals surface area contributed by atoms with E-state index in [1.807, 2.05) is 78.9 Å². The van der Waals surface area contributed by atoms with Crippen molar-refractivity contribution in [3.63, 3.8) is 0 Å². The van der Waals surface area contributed by atoms with E-state index in [9.17, 15) is 14.7 Å². The van der Waals surface area contributed by atoms with Crippen LogP contribution in [0.5, 0.6) is 5.75 Å². The van der Waals surface area contributed by atoms with E-state index in [1.165, 1.54) is 0 Å². The number of carboxylic acids is 1. The molecule has 0 aliphatic heterocycles. The van der Waals surface area contributed by atoms with Crippen LogP contribution in [0.4, 0.5) is 0 Å². The molecule has 0 saturated carbocycles. The van der Waals surface area contributed by atoms with E-state index < -0.39 is 17.5 Å². The SMILES string of the molecule is CCc1cc(OC)ccc1-c1ccc(C[C@](N)(C(=O)O)C(=O)OCC2c3ccccc3-c3ccccc32)cc1. The van der Waals surface area contributed by atoms with E-state index in [0.717, 1.165) is 51.1 Å². The fourth-order valence-electron chi connectivity index (χ4n) is 5.36. The molecule has 3 N–H and O–H groups in total. The van der Waals surface area contributed by atoms with E-state index in [-0.39, 0.29) is 18.9 Å². The number of aryl methyl sites for hydroxylation is 1. The van der Waals surface area contributed by atoms with Crippen molar-refractivity contribution in [1.29, 1.82) is 0 Å². The average Bonchev–Trinajstić information content (AvgIpc) is 3.29. The van der Waals surface area contributed by atoms with Gasteiger partial charge in [0.05, 0.1) is 7.11 Å². The molecule has 1 atom stereocenters. The topological polar surface area (TPSA) is 98.9 Å². The Hall–Kier alpha value is -4.42. The lowest BCUT2D eigenvalue weighted by Crippen LogP contribution is -2.57. The molecule has 0 unspecified atom stereocenters. The molecule has 0 aromatic heterocycles. The maximum atomic E-state index is 13.2. The van der Waals surface area contributed by atoms with Crippen LogP contribution in [-0.2, 0) is 27.2 Å². The van der Waals surface area contributed by atoms with Gasteiger partial charge < -0.3 is 20.3 Å². The number of hydrogen-bond donors (Lipinski definition) is 2. The van der Waals surface area contributed by atoms with Gasteiger partial charge in [0, 0.05) is 12.3 Å². The zero-order valence-electron chi connectivity index (χ0n) is 22.0. The second kappa shape index (κ2) is 10.8. The summed E-state index contributed by atoms with van der Waals surface area (Å²) in [5.41, 5.74) is 12.1. The lowest BCUT2D eigenvalue weighted by molar-refractivity contribution is -0.161. The number of ether oxygens (including phenoxy) is 2. The van der Waals surface area contributed by atoms with Crippen LogP contribution in [0.25, 0.3) is 22.3 Å². The molecular formula is C33H31NO5. The molecule has 0 spiro atoms. The molecule has 0 amide bonds.